The lowest BCUT2D eigenvalue weighted by atomic mass is 9.98. The number of rotatable bonds is 4. The Morgan fingerprint density at radius 1 is 1.39 bits per heavy atom. The molecule has 1 saturated carbocycles. The van der Waals surface area contributed by atoms with Gasteiger partial charge in [0.25, 0.3) is 0 Å². The lowest BCUT2D eigenvalue weighted by molar-refractivity contribution is 0.179. The Balaban J connectivity index is 1.91. The summed E-state index contributed by atoms with van der Waals surface area (Å²) in [5.74, 6) is 0.809. The third-order valence-electron chi connectivity index (χ3n) is 5.00. The van der Waals surface area contributed by atoms with E-state index in [-0.39, 0.29) is 0 Å². The summed E-state index contributed by atoms with van der Waals surface area (Å²) in [6.45, 7) is 8.53. The van der Waals surface area contributed by atoms with E-state index in [1.54, 1.807) is 0 Å². The van der Waals surface area contributed by atoms with E-state index in [1.807, 2.05) is 0 Å². The number of thioether (sulfide) groups is 1. The van der Waals surface area contributed by atoms with Gasteiger partial charge in [0, 0.05) is 23.9 Å². The van der Waals surface area contributed by atoms with Crippen LogP contribution in [0.4, 0.5) is 0 Å². The van der Waals surface area contributed by atoms with Crippen molar-refractivity contribution < 1.29 is 0 Å². The summed E-state index contributed by atoms with van der Waals surface area (Å²) in [7, 11) is 0. The number of hydrogen-bond acceptors (Lipinski definition) is 3. The van der Waals surface area contributed by atoms with Crippen molar-refractivity contribution in [3.63, 3.8) is 0 Å². The molecule has 18 heavy (non-hydrogen) atoms. The van der Waals surface area contributed by atoms with Crippen LogP contribution in [0.5, 0.6) is 0 Å². The molecule has 4 unspecified atom stereocenters. The normalized spacial score (nSPS) is 36.5. The third kappa shape index (κ3) is 3.64. The molecule has 0 spiro atoms. The van der Waals surface area contributed by atoms with Crippen LogP contribution in [0.1, 0.15) is 46.0 Å². The fraction of sp³-hybridized carbons (Fsp3) is 1.00. The van der Waals surface area contributed by atoms with Crippen LogP contribution in [-0.2, 0) is 0 Å². The molecule has 1 aliphatic carbocycles. The summed E-state index contributed by atoms with van der Waals surface area (Å²) in [5, 5.41) is 4.69. The molecule has 0 amide bonds. The third-order valence-corrected chi connectivity index (χ3v) is 6.09. The van der Waals surface area contributed by atoms with Crippen LogP contribution in [-0.4, -0.2) is 48.1 Å². The molecule has 1 aliphatic heterocycles. The molecule has 0 radical (unpaired) electrons. The summed E-state index contributed by atoms with van der Waals surface area (Å²) in [6, 6.07) is 1.58. The molecule has 2 fully saturated rings. The van der Waals surface area contributed by atoms with Crippen molar-refractivity contribution in [2.45, 2.75) is 63.3 Å². The van der Waals surface area contributed by atoms with E-state index in [0.717, 1.165) is 17.2 Å². The van der Waals surface area contributed by atoms with E-state index in [4.69, 9.17) is 0 Å². The van der Waals surface area contributed by atoms with Crippen LogP contribution in [0.25, 0.3) is 0 Å². The molecule has 2 nitrogen and oxygen atoms in total. The Bertz CT molecular complexity index is 247. The predicted octanol–water partition coefficient (Wildman–Crippen LogP) is 2.98. The van der Waals surface area contributed by atoms with Gasteiger partial charge in [-0.2, -0.15) is 11.8 Å². The quantitative estimate of drug-likeness (QED) is 0.845. The van der Waals surface area contributed by atoms with Gasteiger partial charge in [-0.05, 0) is 50.9 Å². The van der Waals surface area contributed by atoms with Gasteiger partial charge in [0.05, 0.1) is 0 Å². The molecule has 1 heterocycles. The van der Waals surface area contributed by atoms with E-state index >= 15 is 0 Å². The highest BCUT2D eigenvalue weighted by Crippen LogP contribution is 2.32. The maximum absolute atomic E-state index is 3.76. The van der Waals surface area contributed by atoms with Crippen LogP contribution in [0.15, 0.2) is 0 Å². The van der Waals surface area contributed by atoms with Crippen molar-refractivity contribution in [3.05, 3.63) is 0 Å². The van der Waals surface area contributed by atoms with Crippen molar-refractivity contribution in [2.24, 2.45) is 5.92 Å². The van der Waals surface area contributed by atoms with Crippen LogP contribution in [0, 0.1) is 5.92 Å². The van der Waals surface area contributed by atoms with Gasteiger partial charge in [0.1, 0.15) is 0 Å². The van der Waals surface area contributed by atoms with Crippen LogP contribution >= 0.6 is 11.8 Å². The van der Waals surface area contributed by atoms with Gasteiger partial charge < -0.3 is 5.32 Å². The first-order chi connectivity index (χ1) is 8.74. The zero-order chi connectivity index (χ0) is 13.0. The zero-order valence-corrected chi connectivity index (χ0v) is 13.1. The van der Waals surface area contributed by atoms with Gasteiger partial charge >= 0.3 is 0 Å². The smallest absolute Gasteiger partial charge is 0.0220 e. The lowest BCUT2D eigenvalue weighted by Crippen LogP contribution is -2.45. The van der Waals surface area contributed by atoms with Gasteiger partial charge in [-0.25, -0.2) is 0 Å². The second kappa shape index (κ2) is 7.16. The largest absolute Gasteiger partial charge is 0.312 e. The fourth-order valence-corrected chi connectivity index (χ4v) is 4.22. The second-order valence-electron chi connectivity index (χ2n) is 6.12. The summed E-state index contributed by atoms with van der Waals surface area (Å²) in [4.78, 5) is 2.80. The van der Waals surface area contributed by atoms with E-state index in [2.05, 4.69) is 42.1 Å². The highest BCUT2D eigenvalue weighted by molar-refractivity contribution is 7.99. The van der Waals surface area contributed by atoms with Crippen molar-refractivity contribution >= 4 is 11.8 Å². The van der Waals surface area contributed by atoms with Crippen molar-refractivity contribution in [2.75, 3.05) is 25.9 Å². The highest BCUT2D eigenvalue weighted by atomic mass is 32.2. The standard InChI is InChI=1S/C15H30N2S/c1-4-12(2)15-11-17(9-5-8-16-15)13-6-7-14(10-13)18-3/h12-16H,4-11H2,1-3H3. The molecule has 1 saturated heterocycles. The molecule has 1 N–H and O–H groups in total. The Hall–Kier alpha value is 0.270. The molecule has 0 aromatic rings. The van der Waals surface area contributed by atoms with E-state index in [9.17, 15) is 0 Å². The summed E-state index contributed by atoms with van der Waals surface area (Å²) in [5.41, 5.74) is 0. The topological polar surface area (TPSA) is 15.3 Å². The van der Waals surface area contributed by atoms with Gasteiger partial charge in [-0.1, -0.05) is 20.3 Å². The monoisotopic (exact) mass is 270 g/mol. The average Bonchev–Trinajstić information content (AvgIpc) is 2.75. The summed E-state index contributed by atoms with van der Waals surface area (Å²) < 4.78 is 0. The molecule has 2 rings (SSSR count). The minimum atomic E-state index is 0.714. The van der Waals surface area contributed by atoms with Crippen molar-refractivity contribution in [3.8, 4) is 0 Å². The van der Waals surface area contributed by atoms with Crippen molar-refractivity contribution in [1.29, 1.82) is 0 Å². The average molecular weight is 270 g/mol. The van der Waals surface area contributed by atoms with E-state index in [0.29, 0.717) is 6.04 Å². The van der Waals surface area contributed by atoms with E-state index < -0.39 is 0 Å². The van der Waals surface area contributed by atoms with E-state index in [1.165, 1.54) is 51.7 Å². The Morgan fingerprint density at radius 3 is 2.89 bits per heavy atom. The highest BCUT2D eigenvalue weighted by Gasteiger charge is 2.31. The summed E-state index contributed by atoms with van der Waals surface area (Å²) in [6.07, 6.45) is 9.19. The molecule has 0 aromatic carbocycles. The number of hydrogen-bond donors (Lipinski definition) is 1. The first-order valence-electron chi connectivity index (χ1n) is 7.74. The predicted molar refractivity (Wildman–Crippen MR) is 82.4 cm³/mol. The summed E-state index contributed by atoms with van der Waals surface area (Å²) >= 11 is 2.07. The first kappa shape index (κ1) is 14.7. The molecule has 3 heteroatoms. The number of nitrogens with one attached hydrogen (secondary N) is 1. The fourth-order valence-electron chi connectivity index (χ4n) is 3.44. The molecule has 4 atom stereocenters. The Morgan fingerprint density at radius 2 is 2.22 bits per heavy atom. The number of nitrogens with zero attached hydrogens (tertiary/aromatic N) is 1. The SMILES string of the molecule is CCC(C)C1CN(C2CCC(SC)C2)CCCN1. The second-order valence-corrected chi connectivity index (χ2v) is 7.26. The molecule has 0 aromatic heterocycles. The first-order valence-corrected chi connectivity index (χ1v) is 9.03. The van der Waals surface area contributed by atoms with Crippen LogP contribution in [0.3, 0.4) is 0 Å². The minimum Gasteiger partial charge on any atom is -0.312 e. The molecular formula is C15H30N2S. The maximum Gasteiger partial charge on any atom is 0.0220 e. The molecule has 2 aliphatic rings. The molecule has 0 bridgehead atoms. The van der Waals surface area contributed by atoms with Gasteiger partial charge in [-0.3, -0.25) is 4.90 Å². The zero-order valence-electron chi connectivity index (χ0n) is 12.3. The van der Waals surface area contributed by atoms with Gasteiger partial charge in [-0.15, -0.1) is 0 Å². The van der Waals surface area contributed by atoms with Crippen LogP contribution in [0.2, 0.25) is 0 Å². The van der Waals surface area contributed by atoms with Gasteiger partial charge in [0.2, 0.25) is 0 Å². The minimum absolute atomic E-state index is 0.714. The van der Waals surface area contributed by atoms with Gasteiger partial charge in [0.15, 0.2) is 0 Å². The molecular weight excluding hydrogens is 240 g/mol. The van der Waals surface area contributed by atoms with Crippen LogP contribution < -0.4 is 5.32 Å². The van der Waals surface area contributed by atoms with Crippen molar-refractivity contribution in [1.82, 2.24) is 10.2 Å². The molecule has 106 valence electrons. The Labute approximate surface area is 117 Å². The lowest BCUT2D eigenvalue weighted by Gasteiger charge is -2.32. The maximum atomic E-state index is 3.76. The Kier molecular flexibility index (Phi) is 5.84.